The number of amides is 1. The van der Waals surface area contributed by atoms with Gasteiger partial charge in [0.05, 0.1) is 12.5 Å². The summed E-state index contributed by atoms with van der Waals surface area (Å²) in [5.74, 6) is -0.421. The molecular weight excluding hydrogens is 270 g/mol. The number of ether oxygens (including phenoxy) is 1. The maximum absolute atomic E-state index is 12.1. The van der Waals surface area contributed by atoms with Crippen molar-refractivity contribution in [1.82, 2.24) is 5.32 Å². The molecule has 0 spiro atoms. The van der Waals surface area contributed by atoms with Crippen LogP contribution < -0.4 is 5.32 Å². The first-order chi connectivity index (χ1) is 10.0. The Bertz CT molecular complexity index is 326. The van der Waals surface area contributed by atoms with Crippen molar-refractivity contribution in [2.75, 3.05) is 13.7 Å². The minimum atomic E-state index is -0.803. The Balaban J connectivity index is 2.49. The summed E-state index contributed by atoms with van der Waals surface area (Å²) >= 11 is 0. The van der Waals surface area contributed by atoms with Crippen LogP contribution in [0.2, 0.25) is 0 Å². The van der Waals surface area contributed by atoms with Gasteiger partial charge < -0.3 is 15.2 Å². The van der Waals surface area contributed by atoms with Crippen molar-refractivity contribution in [2.45, 2.75) is 64.3 Å². The van der Waals surface area contributed by atoms with Gasteiger partial charge in [-0.3, -0.25) is 9.59 Å². The van der Waals surface area contributed by atoms with Crippen molar-refractivity contribution in [1.29, 1.82) is 0 Å². The molecule has 1 aliphatic rings. The van der Waals surface area contributed by atoms with Gasteiger partial charge in [0, 0.05) is 19.6 Å². The lowest BCUT2D eigenvalue weighted by molar-refractivity contribution is -0.137. The van der Waals surface area contributed by atoms with E-state index in [1.807, 2.05) is 6.92 Å². The highest BCUT2D eigenvalue weighted by atomic mass is 16.5. The van der Waals surface area contributed by atoms with Crippen LogP contribution in [0, 0.1) is 11.8 Å². The van der Waals surface area contributed by atoms with Crippen LogP contribution in [0.4, 0.5) is 0 Å². The molecule has 5 nitrogen and oxygen atoms in total. The zero-order valence-electron chi connectivity index (χ0n) is 13.3. The highest BCUT2D eigenvalue weighted by Gasteiger charge is 2.23. The number of hydrogen-bond acceptors (Lipinski definition) is 3. The van der Waals surface area contributed by atoms with Crippen LogP contribution in [0.3, 0.4) is 0 Å². The fraction of sp³-hybridized carbons (Fsp3) is 0.875. The lowest BCUT2D eigenvalue weighted by Gasteiger charge is -2.27. The van der Waals surface area contributed by atoms with Crippen molar-refractivity contribution in [2.24, 2.45) is 11.8 Å². The molecule has 2 N–H and O–H groups in total. The first-order valence-corrected chi connectivity index (χ1v) is 8.04. The monoisotopic (exact) mass is 299 g/mol. The molecule has 0 bridgehead atoms. The highest BCUT2D eigenvalue weighted by molar-refractivity contribution is 5.78. The van der Waals surface area contributed by atoms with Crippen molar-refractivity contribution >= 4 is 11.9 Å². The number of rotatable bonds is 9. The predicted octanol–water partition coefficient (Wildman–Crippen LogP) is 2.59. The van der Waals surface area contributed by atoms with Gasteiger partial charge in [0.15, 0.2) is 0 Å². The topological polar surface area (TPSA) is 75.6 Å². The molecule has 2 unspecified atom stereocenters. The maximum atomic E-state index is 12.1. The average Bonchev–Trinajstić information content (AvgIpc) is 2.46. The molecule has 5 heteroatoms. The fourth-order valence-corrected chi connectivity index (χ4v) is 3.04. The number of aliphatic carboxylic acids is 1. The molecule has 2 atom stereocenters. The second-order valence-electron chi connectivity index (χ2n) is 6.23. The Morgan fingerprint density at radius 1 is 1.29 bits per heavy atom. The molecule has 0 heterocycles. The van der Waals surface area contributed by atoms with Gasteiger partial charge in [-0.15, -0.1) is 0 Å². The summed E-state index contributed by atoms with van der Waals surface area (Å²) in [6.07, 6.45) is 7.73. The Hall–Kier alpha value is -1.10. The summed E-state index contributed by atoms with van der Waals surface area (Å²) in [6, 6.07) is -0.0315. The molecule has 0 aliphatic heterocycles. The largest absolute Gasteiger partial charge is 0.481 e. The van der Waals surface area contributed by atoms with Gasteiger partial charge in [-0.05, 0) is 18.8 Å². The van der Waals surface area contributed by atoms with Crippen LogP contribution in [0.5, 0.6) is 0 Å². The molecule has 0 aromatic carbocycles. The quantitative estimate of drug-likeness (QED) is 0.686. The van der Waals surface area contributed by atoms with E-state index < -0.39 is 5.97 Å². The van der Waals surface area contributed by atoms with Crippen LogP contribution in [-0.2, 0) is 14.3 Å². The molecule has 1 saturated carbocycles. The van der Waals surface area contributed by atoms with Crippen LogP contribution in [-0.4, -0.2) is 36.7 Å². The maximum Gasteiger partial charge on any atom is 0.303 e. The molecule has 0 radical (unpaired) electrons. The Labute approximate surface area is 127 Å². The van der Waals surface area contributed by atoms with E-state index >= 15 is 0 Å². The normalized spacial score (nSPS) is 19.0. The number of carbonyl (C=O) groups excluding carboxylic acids is 1. The molecule has 0 aromatic rings. The minimum absolute atomic E-state index is 0.0315. The smallest absolute Gasteiger partial charge is 0.303 e. The molecule has 21 heavy (non-hydrogen) atoms. The van der Waals surface area contributed by atoms with Crippen molar-refractivity contribution in [3.8, 4) is 0 Å². The van der Waals surface area contributed by atoms with Gasteiger partial charge in [0.25, 0.3) is 0 Å². The number of carboxylic acids is 1. The molecule has 1 fully saturated rings. The molecule has 0 saturated heterocycles. The van der Waals surface area contributed by atoms with Crippen LogP contribution in [0.1, 0.15) is 58.3 Å². The molecule has 1 rings (SSSR count). The van der Waals surface area contributed by atoms with E-state index in [-0.39, 0.29) is 24.3 Å². The first kappa shape index (κ1) is 18.0. The summed E-state index contributed by atoms with van der Waals surface area (Å²) in [5.41, 5.74) is 0. The van der Waals surface area contributed by atoms with E-state index in [9.17, 15) is 9.59 Å². The fourth-order valence-electron chi connectivity index (χ4n) is 3.04. The van der Waals surface area contributed by atoms with E-state index in [0.29, 0.717) is 18.9 Å². The van der Waals surface area contributed by atoms with Gasteiger partial charge in [0.1, 0.15) is 0 Å². The van der Waals surface area contributed by atoms with Crippen molar-refractivity contribution in [3.63, 3.8) is 0 Å². The SMILES string of the molecule is COCC(C)C(=O)NC(CCC(=O)O)CC1CCCCC1. The highest BCUT2D eigenvalue weighted by Crippen LogP contribution is 2.28. The average molecular weight is 299 g/mol. The number of hydrogen-bond donors (Lipinski definition) is 2. The summed E-state index contributed by atoms with van der Waals surface area (Å²) < 4.78 is 5.00. The van der Waals surface area contributed by atoms with E-state index in [0.717, 1.165) is 6.42 Å². The van der Waals surface area contributed by atoms with Gasteiger partial charge in [-0.1, -0.05) is 39.0 Å². The van der Waals surface area contributed by atoms with Gasteiger partial charge >= 0.3 is 5.97 Å². The van der Waals surface area contributed by atoms with Gasteiger partial charge in [-0.2, -0.15) is 0 Å². The third-order valence-electron chi connectivity index (χ3n) is 4.26. The minimum Gasteiger partial charge on any atom is -0.481 e. The third kappa shape index (κ3) is 7.46. The lowest BCUT2D eigenvalue weighted by atomic mass is 9.84. The van der Waals surface area contributed by atoms with Crippen molar-refractivity contribution in [3.05, 3.63) is 0 Å². The van der Waals surface area contributed by atoms with E-state index in [1.54, 1.807) is 7.11 Å². The lowest BCUT2D eigenvalue weighted by Crippen LogP contribution is -2.40. The van der Waals surface area contributed by atoms with Crippen LogP contribution >= 0.6 is 0 Å². The van der Waals surface area contributed by atoms with Gasteiger partial charge in [-0.25, -0.2) is 0 Å². The van der Waals surface area contributed by atoms with Crippen LogP contribution in [0.15, 0.2) is 0 Å². The van der Waals surface area contributed by atoms with E-state index in [2.05, 4.69) is 5.32 Å². The predicted molar refractivity (Wildman–Crippen MR) is 81.0 cm³/mol. The van der Waals surface area contributed by atoms with E-state index in [1.165, 1.54) is 32.1 Å². The Morgan fingerprint density at radius 2 is 1.95 bits per heavy atom. The van der Waals surface area contributed by atoms with Crippen molar-refractivity contribution < 1.29 is 19.4 Å². The molecule has 0 aromatic heterocycles. The van der Waals surface area contributed by atoms with Gasteiger partial charge in [0.2, 0.25) is 5.91 Å². The first-order valence-electron chi connectivity index (χ1n) is 8.04. The van der Waals surface area contributed by atoms with E-state index in [4.69, 9.17) is 9.84 Å². The molecule has 122 valence electrons. The summed E-state index contributed by atoms with van der Waals surface area (Å²) in [4.78, 5) is 22.9. The Morgan fingerprint density at radius 3 is 2.52 bits per heavy atom. The summed E-state index contributed by atoms with van der Waals surface area (Å²) in [7, 11) is 1.58. The second-order valence-corrected chi connectivity index (χ2v) is 6.23. The number of methoxy groups -OCH3 is 1. The molecule has 1 aliphatic carbocycles. The number of carbonyl (C=O) groups is 2. The molecule has 1 amide bonds. The standard InChI is InChI=1S/C16H29NO4/c1-12(11-21-2)16(20)17-14(8-9-15(18)19)10-13-6-4-3-5-7-13/h12-14H,3-11H2,1-2H3,(H,17,20)(H,18,19). The summed E-state index contributed by atoms with van der Waals surface area (Å²) in [6.45, 7) is 2.22. The third-order valence-corrected chi connectivity index (χ3v) is 4.26. The van der Waals surface area contributed by atoms with Crippen LogP contribution in [0.25, 0.3) is 0 Å². The summed E-state index contributed by atoms with van der Waals surface area (Å²) in [5, 5.41) is 11.9. The number of carboxylic acid groups (broad SMARTS) is 1. The molecular formula is C16H29NO4. The second kappa shape index (κ2) is 9.77. The number of nitrogens with one attached hydrogen (secondary N) is 1. The zero-order valence-corrected chi connectivity index (χ0v) is 13.3. The zero-order chi connectivity index (χ0) is 15.7. The Kier molecular flexibility index (Phi) is 8.35.